The van der Waals surface area contributed by atoms with Crippen LogP contribution in [-0.4, -0.2) is 36.8 Å². The Hall–Kier alpha value is -2.08. The first-order chi connectivity index (χ1) is 14.7. The number of hydrogen-bond donors (Lipinski definition) is 1. The van der Waals surface area contributed by atoms with Crippen molar-refractivity contribution < 1.29 is 14.3 Å². The van der Waals surface area contributed by atoms with Gasteiger partial charge in [0.1, 0.15) is 5.75 Å². The molecule has 2 heterocycles. The molecule has 166 valence electrons. The van der Waals surface area contributed by atoms with E-state index in [1.807, 2.05) is 23.1 Å². The number of carbonyl (C=O) groups is 2. The molecular formula is C25H31BrN2O3. The minimum atomic E-state index is -0.498. The summed E-state index contributed by atoms with van der Waals surface area (Å²) < 4.78 is 6.21. The van der Waals surface area contributed by atoms with Gasteiger partial charge in [0.05, 0.1) is 17.5 Å². The molecule has 0 spiro atoms. The first-order valence-corrected chi connectivity index (χ1v) is 11.9. The van der Waals surface area contributed by atoms with Crippen molar-refractivity contribution in [1.82, 2.24) is 10.2 Å². The highest BCUT2D eigenvalue weighted by Gasteiger charge is 2.47. The quantitative estimate of drug-likeness (QED) is 0.657. The Balaban J connectivity index is 1.83. The lowest BCUT2D eigenvalue weighted by molar-refractivity contribution is -0.136. The van der Waals surface area contributed by atoms with E-state index in [0.29, 0.717) is 12.1 Å². The summed E-state index contributed by atoms with van der Waals surface area (Å²) in [6, 6.07) is 5.85. The molecule has 3 aliphatic rings. The molecule has 31 heavy (non-hydrogen) atoms. The summed E-state index contributed by atoms with van der Waals surface area (Å²) in [5.41, 5.74) is 3.19. The smallest absolute Gasteiger partial charge is 0.232 e. The zero-order valence-corrected chi connectivity index (χ0v) is 20.2. The van der Waals surface area contributed by atoms with Crippen LogP contribution in [-0.2, 0) is 9.59 Å². The maximum Gasteiger partial charge on any atom is 0.232 e. The molecule has 2 atom stereocenters. The lowest BCUT2D eigenvalue weighted by Gasteiger charge is -2.44. The number of carbonyl (C=O) groups excluding carboxylic acids is 2. The topological polar surface area (TPSA) is 58.6 Å². The highest BCUT2D eigenvalue weighted by molar-refractivity contribution is 9.10. The molecule has 1 amide bonds. The van der Waals surface area contributed by atoms with Gasteiger partial charge in [0.25, 0.3) is 0 Å². The van der Waals surface area contributed by atoms with E-state index in [1.54, 1.807) is 7.11 Å². The summed E-state index contributed by atoms with van der Waals surface area (Å²) >= 11 is 3.58. The van der Waals surface area contributed by atoms with Crippen molar-refractivity contribution in [3.8, 4) is 5.75 Å². The van der Waals surface area contributed by atoms with Crippen molar-refractivity contribution in [3.05, 3.63) is 51.8 Å². The van der Waals surface area contributed by atoms with Gasteiger partial charge in [0, 0.05) is 42.4 Å². The van der Waals surface area contributed by atoms with Crippen molar-refractivity contribution >= 4 is 27.6 Å². The molecule has 0 saturated carbocycles. The molecule has 4 rings (SSSR count). The van der Waals surface area contributed by atoms with Crippen LogP contribution >= 0.6 is 15.9 Å². The van der Waals surface area contributed by atoms with Crippen LogP contribution in [0, 0.1) is 11.3 Å². The monoisotopic (exact) mass is 486 g/mol. The maximum atomic E-state index is 13.7. The van der Waals surface area contributed by atoms with Crippen molar-refractivity contribution in [2.75, 3.05) is 20.2 Å². The Bertz CT molecular complexity index is 960. The number of methoxy groups -OCH3 is 1. The number of benzene rings is 1. The Morgan fingerprint density at radius 1 is 1.23 bits per heavy atom. The first kappa shape index (κ1) is 22.1. The third-order valence-electron chi connectivity index (χ3n) is 6.72. The molecule has 1 fully saturated rings. The van der Waals surface area contributed by atoms with E-state index >= 15 is 0 Å². The molecule has 0 radical (unpaired) electrons. The van der Waals surface area contributed by atoms with Gasteiger partial charge in [-0.05, 0) is 64.7 Å². The van der Waals surface area contributed by atoms with E-state index in [1.165, 1.54) is 0 Å². The van der Waals surface area contributed by atoms with E-state index in [4.69, 9.17) is 4.74 Å². The summed E-state index contributed by atoms with van der Waals surface area (Å²) in [6.45, 7) is 10.0. The fourth-order valence-electron chi connectivity index (χ4n) is 5.28. The van der Waals surface area contributed by atoms with Crippen LogP contribution in [0.15, 0.2) is 46.2 Å². The Kier molecular flexibility index (Phi) is 6.03. The Morgan fingerprint density at radius 2 is 1.94 bits per heavy atom. The number of likely N-dealkylation sites (tertiary alicyclic amines) is 1. The lowest BCUT2D eigenvalue weighted by atomic mass is 9.66. The molecular weight excluding hydrogens is 456 g/mol. The van der Waals surface area contributed by atoms with Gasteiger partial charge in [-0.1, -0.05) is 26.5 Å². The number of ketones is 1. The molecule has 1 N–H and O–H groups in total. The SMILES string of the molecule is C=C1NC2=C(C(=O)CC(C)(C)C2)C(c2ccc(OC)c(Br)c2)C1C(=O)N1CCCCC1. The fraction of sp³-hybridized carbons (Fsp3) is 0.520. The molecule has 2 unspecified atom stereocenters. The van der Waals surface area contributed by atoms with Crippen LogP contribution in [0.3, 0.4) is 0 Å². The highest BCUT2D eigenvalue weighted by atomic mass is 79.9. The van der Waals surface area contributed by atoms with Crippen LogP contribution in [0.1, 0.15) is 57.4 Å². The van der Waals surface area contributed by atoms with E-state index in [9.17, 15) is 9.59 Å². The molecule has 0 bridgehead atoms. The normalized spacial score (nSPS) is 25.7. The van der Waals surface area contributed by atoms with Gasteiger partial charge in [-0.3, -0.25) is 9.59 Å². The van der Waals surface area contributed by atoms with Crippen LogP contribution in [0.25, 0.3) is 0 Å². The number of allylic oxidation sites excluding steroid dienone is 2. The zero-order valence-electron chi connectivity index (χ0n) is 18.6. The molecule has 1 saturated heterocycles. The molecule has 1 aromatic carbocycles. The lowest BCUT2D eigenvalue weighted by Crippen LogP contribution is -2.48. The number of piperidine rings is 1. The summed E-state index contributed by atoms with van der Waals surface area (Å²) in [7, 11) is 1.63. The number of nitrogens with one attached hydrogen (secondary N) is 1. The predicted octanol–water partition coefficient (Wildman–Crippen LogP) is 4.93. The average molecular weight is 487 g/mol. The minimum Gasteiger partial charge on any atom is -0.496 e. The van der Waals surface area contributed by atoms with Gasteiger partial charge in [0.2, 0.25) is 5.91 Å². The molecule has 2 aliphatic heterocycles. The van der Waals surface area contributed by atoms with E-state index in [0.717, 1.165) is 65.8 Å². The summed E-state index contributed by atoms with van der Waals surface area (Å²) in [6.07, 6.45) is 4.46. The van der Waals surface area contributed by atoms with Crippen molar-refractivity contribution in [2.45, 2.75) is 51.9 Å². The second-order valence-corrected chi connectivity index (χ2v) is 10.6. The summed E-state index contributed by atoms with van der Waals surface area (Å²) in [5, 5.41) is 3.39. The number of ether oxygens (including phenoxy) is 1. The number of rotatable bonds is 3. The number of halogens is 1. The second kappa shape index (κ2) is 8.45. The number of amides is 1. The first-order valence-electron chi connectivity index (χ1n) is 11.1. The Morgan fingerprint density at radius 3 is 2.58 bits per heavy atom. The van der Waals surface area contributed by atoms with Gasteiger partial charge >= 0.3 is 0 Å². The standard InChI is InChI=1S/C25H31BrN2O3/c1-15-21(24(30)28-10-6-5-7-11-28)22(16-8-9-20(31-4)17(26)12-16)23-18(27-15)13-25(2,3)14-19(23)29/h8-9,12,21-22,27H,1,5-7,10-11,13-14H2,2-4H3. The van der Waals surface area contributed by atoms with E-state index < -0.39 is 5.92 Å². The molecule has 0 aromatic heterocycles. The number of Topliss-reactive ketones (excluding diaryl/α,β-unsaturated/α-hetero) is 1. The van der Waals surface area contributed by atoms with Gasteiger partial charge in [-0.2, -0.15) is 0 Å². The van der Waals surface area contributed by atoms with E-state index in [-0.39, 0.29) is 23.0 Å². The zero-order chi connectivity index (χ0) is 22.3. The van der Waals surface area contributed by atoms with Crippen LogP contribution in [0.4, 0.5) is 0 Å². The third-order valence-corrected chi connectivity index (χ3v) is 7.34. The van der Waals surface area contributed by atoms with Crippen LogP contribution in [0.2, 0.25) is 0 Å². The van der Waals surface area contributed by atoms with Gasteiger partial charge < -0.3 is 15.0 Å². The molecule has 6 heteroatoms. The largest absolute Gasteiger partial charge is 0.496 e. The highest BCUT2D eigenvalue weighted by Crippen LogP contribution is 2.49. The van der Waals surface area contributed by atoms with Crippen molar-refractivity contribution in [1.29, 1.82) is 0 Å². The number of nitrogens with zero attached hydrogens (tertiary/aromatic N) is 1. The average Bonchev–Trinajstić information content (AvgIpc) is 2.72. The van der Waals surface area contributed by atoms with E-state index in [2.05, 4.69) is 41.7 Å². The van der Waals surface area contributed by atoms with Gasteiger partial charge in [-0.15, -0.1) is 0 Å². The Labute approximate surface area is 193 Å². The number of hydrogen-bond acceptors (Lipinski definition) is 4. The molecule has 1 aromatic rings. The van der Waals surface area contributed by atoms with Gasteiger partial charge in [-0.25, -0.2) is 0 Å². The van der Waals surface area contributed by atoms with Crippen molar-refractivity contribution in [3.63, 3.8) is 0 Å². The minimum absolute atomic E-state index is 0.0679. The third kappa shape index (κ3) is 4.19. The summed E-state index contributed by atoms with van der Waals surface area (Å²) in [4.78, 5) is 29.1. The molecule has 1 aliphatic carbocycles. The van der Waals surface area contributed by atoms with Crippen LogP contribution in [0.5, 0.6) is 5.75 Å². The van der Waals surface area contributed by atoms with Gasteiger partial charge in [0.15, 0.2) is 5.78 Å². The predicted molar refractivity (Wildman–Crippen MR) is 125 cm³/mol. The fourth-order valence-corrected chi connectivity index (χ4v) is 5.84. The summed E-state index contributed by atoms with van der Waals surface area (Å²) in [5.74, 6) is 0.0740. The van der Waals surface area contributed by atoms with Crippen LogP contribution < -0.4 is 10.1 Å². The maximum absolute atomic E-state index is 13.7. The second-order valence-electron chi connectivity index (χ2n) is 9.72. The van der Waals surface area contributed by atoms with Crippen molar-refractivity contribution in [2.24, 2.45) is 11.3 Å². The molecule has 5 nitrogen and oxygen atoms in total.